The monoisotopic (exact) mass is 426 g/mol. The highest BCUT2D eigenvalue weighted by molar-refractivity contribution is 7.89. The van der Waals surface area contributed by atoms with Crippen LogP contribution in [0.25, 0.3) is 0 Å². The molecule has 3 aromatic rings. The lowest BCUT2D eigenvalue weighted by Gasteiger charge is -2.18. The van der Waals surface area contributed by atoms with Crippen molar-refractivity contribution in [2.75, 3.05) is 7.05 Å². The summed E-state index contributed by atoms with van der Waals surface area (Å²) in [5.74, 6) is -0.671. The Bertz CT molecular complexity index is 1120. The summed E-state index contributed by atoms with van der Waals surface area (Å²) in [7, 11) is -2.20. The highest BCUT2D eigenvalue weighted by Gasteiger charge is 2.21. The van der Waals surface area contributed by atoms with Crippen LogP contribution in [0.1, 0.15) is 34.5 Å². The van der Waals surface area contributed by atoms with Crippen molar-refractivity contribution in [1.82, 2.24) is 9.62 Å². The fourth-order valence-electron chi connectivity index (χ4n) is 3.06. The number of hydrogen-bond donors (Lipinski definition) is 1. The van der Waals surface area contributed by atoms with E-state index < -0.39 is 16.1 Å². The van der Waals surface area contributed by atoms with Gasteiger partial charge < -0.3 is 4.90 Å². The summed E-state index contributed by atoms with van der Waals surface area (Å²) in [5, 5.41) is 0. The highest BCUT2D eigenvalue weighted by Crippen LogP contribution is 2.19. The third kappa shape index (κ3) is 5.31. The standard InChI is InChI=1S/C23H23FN2O3S/c1-17(19-7-4-3-5-8-19)25-30(28,29)22-10-6-9-20(15-22)23(27)26(2)16-18-11-13-21(24)14-12-18/h3-15,17,25H,16H2,1-2H3. The van der Waals surface area contributed by atoms with Gasteiger partial charge in [0.2, 0.25) is 10.0 Å². The molecule has 0 heterocycles. The quantitative estimate of drug-likeness (QED) is 0.618. The number of nitrogens with zero attached hydrogens (tertiary/aromatic N) is 1. The number of benzene rings is 3. The summed E-state index contributed by atoms with van der Waals surface area (Å²) in [4.78, 5) is 14.3. The maximum absolute atomic E-state index is 13.1. The van der Waals surface area contributed by atoms with E-state index in [1.165, 1.54) is 29.2 Å². The maximum Gasteiger partial charge on any atom is 0.253 e. The smallest absolute Gasteiger partial charge is 0.253 e. The second-order valence-corrected chi connectivity index (χ2v) is 8.78. The second-order valence-electron chi connectivity index (χ2n) is 7.07. The topological polar surface area (TPSA) is 66.5 Å². The van der Waals surface area contributed by atoms with Gasteiger partial charge >= 0.3 is 0 Å². The molecule has 0 aromatic heterocycles. The van der Waals surface area contributed by atoms with Crippen LogP contribution in [-0.2, 0) is 16.6 Å². The van der Waals surface area contributed by atoms with E-state index in [0.29, 0.717) is 0 Å². The van der Waals surface area contributed by atoms with Crippen LogP contribution in [0, 0.1) is 5.82 Å². The Balaban J connectivity index is 1.75. The van der Waals surface area contributed by atoms with Gasteiger partial charge in [0.1, 0.15) is 5.82 Å². The van der Waals surface area contributed by atoms with Crippen molar-refractivity contribution in [3.63, 3.8) is 0 Å². The Morgan fingerprint density at radius 1 is 1.00 bits per heavy atom. The molecule has 5 nitrogen and oxygen atoms in total. The van der Waals surface area contributed by atoms with E-state index in [9.17, 15) is 17.6 Å². The SMILES string of the molecule is CC(NS(=O)(=O)c1cccc(C(=O)N(C)Cc2ccc(F)cc2)c1)c1ccccc1. The molecule has 0 aliphatic rings. The predicted octanol–water partition coefficient (Wildman–Crippen LogP) is 4.14. The lowest BCUT2D eigenvalue weighted by atomic mass is 10.1. The van der Waals surface area contributed by atoms with Crippen molar-refractivity contribution in [2.45, 2.75) is 24.4 Å². The first-order chi connectivity index (χ1) is 14.3. The first kappa shape index (κ1) is 21.7. The van der Waals surface area contributed by atoms with E-state index >= 15 is 0 Å². The van der Waals surface area contributed by atoms with E-state index in [1.54, 1.807) is 38.2 Å². The zero-order valence-corrected chi connectivity index (χ0v) is 17.6. The summed E-state index contributed by atoms with van der Waals surface area (Å²) >= 11 is 0. The van der Waals surface area contributed by atoms with Gasteiger partial charge in [-0.05, 0) is 48.4 Å². The number of nitrogens with one attached hydrogen (secondary N) is 1. The van der Waals surface area contributed by atoms with Crippen LogP contribution in [-0.4, -0.2) is 26.3 Å². The van der Waals surface area contributed by atoms with Crippen molar-refractivity contribution >= 4 is 15.9 Å². The van der Waals surface area contributed by atoms with Crippen LogP contribution >= 0.6 is 0 Å². The molecule has 0 saturated heterocycles. The van der Waals surface area contributed by atoms with Gasteiger partial charge in [-0.25, -0.2) is 17.5 Å². The first-order valence-electron chi connectivity index (χ1n) is 9.43. The van der Waals surface area contributed by atoms with Crippen LogP contribution in [0.5, 0.6) is 0 Å². The minimum absolute atomic E-state index is 0.0197. The zero-order chi connectivity index (χ0) is 21.7. The molecule has 0 radical (unpaired) electrons. The van der Waals surface area contributed by atoms with Crippen molar-refractivity contribution in [3.8, 4) is 0 Å². The molecule has 0 spiro atoms. The van der Waals surface area contributed by atoms with Crippen molar-refractivity contribution in [2.24, 2.45) is 0 Å². The van der Waals surface area contributed by atoms with Crippen LogP contribution in [0.4, 0.5) is 4.39 Å². The molecule has 3 aromatic carbocycles. The Morgan fingerprint density at radius 2 is 1.67 bits per heavy atom. The van der Waals surface area contributed by atoms with Crippen LogP contribution in [0.15, 0.2) is 83.8 Å². The maximum atomic E-state index is 13.1. The molecule has 3 rings (SSSR count). The average molecular weight is 427 g/mol. The van der Waals surface area contributed by atoms with Gasteiger partial charge in [-0.3, -0.25) is 4.79 Å². The molecular weight excluding hydrogens is 403 g/mol. The summed E-state index contributed by atoms with van der Waals surface area (Å²) in [6.07, 6.45) is 0. The van der Waals surface area contributed by atoms with Gasteiger partial charge in [-0.1, -0.05) is 48.5 Å². The van der Waals surface area contributed by atoms with Crippen LogP contribution in [0.2, 0.25) is 0 Å². The number of sulfonamides is 1. The van der Waals surface area contributed by atoms with Crippen molar-refractivity contribution in [3.05, 3.63) is 101 Å². The molecule has 0 aliphatic heterocycles. The number of carbonyl (C=O) groups excluding carboxylic acids is 1. The number of carbonyl (C=O) groups is 1. The Hall–Kier alpha value is -3.03. The predicted molar refractivity (Wildman–Crippen MR) is 114 cm³/mol. The molecule has 0 saturated carbocycles. The summed E-state index contributed by atoms with van der Waals surface area (Å²) in [5.41, 5.74) is 1.87. The van der Waals surface area contributed by atoms with E-state index in [1.807, 2.05) is 30.3 Å². The fraction of sp³-hybridized carbons (Fsp3) is 0.174. The van der Waals surface area contributed by atoms with Crippen molar-refractivity contribution in [1.29, 1.82) is 0 Å². The summed E-state index contributed by atoms with van der Waals surface area (Å²) in [6.45, 7) is 2.04. The van der Waals surface area contributed by atoms with E-state index in [4.69, 9.17) is 0 Å². The van der Waals surface area contributed by atoms with Gasteiger partial charge in [0.05, 0.1) is 4.90 Å². The zero-order valence-electron chi connectivity index (χ0n) is 16.7. The van der Waals surface area contributed by atoms with Gasteiger partial charge in [0, 0.05) is 25.2 Å². The van der Waals surface area contributed by atoms with Crippen LogP contribution in [0.3, 0.4) is 0 Å². The summed E-state index contributed by atoms with van der Waals surface area (Å²) in [6, 6.07) is 20.6. The van der Waals surface area contributed by atoms with Gasteiger partial charge in [0.25, 0.3) is 5.91 Å². The second kappa shape index (κ2) is 9.19. The molecule has 1 amide bonds. The normalized spacial score (nSPS) is 12.4. The molecule has 1 atom stereocenters. The fourth-order valence-corrected chi connectivity index (χ4v) is 4.34. The van der Waals surface area contributed by atoms with Gasteiger partial charge in [0.15, 0.2) is 0 Å². The average Bonchev–Trinajstić information content (AvgIpc) is 2.75. The van der Waals surface area contributed by atoms with Gasteiger partial charge in [-0.15, -0.1) is 0 Å². The molecule has 0 bridgehead atoms. The largest absolute Gasteiger partial charge is 0.337 e. The molecule has 156 valence electrons. The molecule has 1 unspecified atom stereocenters. The molecule has 1 N–H and O–H groups in total. The number of halogens is 1. The molecule has 30 heavy (non-hydrogen) atoms. The van der Waals surface area contributed by atoms with Crippen molar-refractivity contribution < 1.29 is 17.6 Å². The third-order valence-electron chi connectivity index (χ3n) is 4.70. The molecule has 7 heteroatoms. The van der Waals surface area contributed by atoms with E-state index in [0.717, 1.165) is 11.1 Å². The Labute approximate surface area is 176 Å². The minimum atomic E-state index is -3.82. The molecule has 0 aliphatic carbocycles. The lowest BCUT2D eigenvalue weighted by Crippen LogP contribution is -2.28. The first-order valence-corrected chi connectivity index (χ1v) is 10.9. The lowest BCUT2D eigenvalue weighted by molar-refractivity contribution is 0.0785. The Kier molecular flexibility index (Phi) is 6.64. The van der Waals surface area contributed by atoms with E-state index in [2.05, 4.69) is 4.72 Å². The minimum Gasteiger partial charge on any atom is -0.337 e. The number of rotatable bonds is 7. The van der Waals surface area contributed by atoms with Crippen LogP contribution < -0.4 is 4.72 Å². The number of hydrogen-bond acceptors (Lipinski definition) is 3. The van der Waals surface area contributed by atoms with Gasteiger partial charge in [-0.2, -0.15) is 0 Å². The molecule has 0 fully saturated rings. The summed E-state index contributed by atoms with van der Waals surface area (Å²) < 4.78 is 41.3. The Morgan fingerprint density at radius 3 is 2.33 bits per heavy atom. The highest BCUT2D eigenvalue weighted by atomic mass is 32.2. The third-order valence-corrected chi connectivity index (χ3v) is 6.24. The number of amides is 1. The van der Waals surface area contributed by atoms with E-state index in [-0.39, 0.29) is 28.7 Å². The molecular formula is C23H23FN2O3S.